The minimum atomic E-state index is -0.595. The van der Waals surface area contributed by atoms with E-state index in [-0.39, 0.29) is 25.2 Å². The summed E-state index contributed by atoms with van der Waals surface area (Å²) < 4.78 is 10.4. The number of aryl methyl sites for hydroxylation is 1. The molecule has 1 unspecified atom stereocenters. The highest BCUT2D eigenvalue weighted by Crippen LogP contribution is 2.40. The standard InChI is InChI=1S/C21H22ClNO4/c1-14-11-17(22)9-10-18(14)26-13-20(25)27-12-19(24)23-21(16-7-8-16)15-5-3-2-4-6-15/h2-6,9-11,16,21H,7-8,12-13H2,1H3,(H,23,24). The molecule has 0 aliphatic heterocycles. The number of hydrogen-bond donors (Lipinski definition) is 1. The first-order valence-electron chi connectivity index (χ1n) is 8.92. The lowest BCUT2D eigenvalue weighted by molar-refractivity contribution is -0.150. The van der Waals surface area contributed by atoms with Crippen LogP contribution in [-0.4, -0.2) is 25.1 Å². The molecule has 1 saturated carbocycles. The van der Waals surface area contributed by atoms with E-state index in [2.05, 4.69) is 5.32 Å². The molecule has 0 bridgehead atoms. The number of hydrogen-bond acceptors (Lipinski definition) is 4. The van der Waals surface area contributed by atoms with Gasteiger partial charge in [-0.1, -0.05) is 41.9 Å². The van der Waals surface area contributed by atoms with Crippen molar-refractivity contribution in [3.05, 3.63) is 64.7 Å². The van der Waals surface area contributed by atoms with E-state index in [0.29, 0.717) is 16.7 Å². The number of benzene rings is 2. The summed E-state index contributed by atoms with van der Waals surface area (Å²) in [5, 5.41) is 3.57. The Kier molecular flexibility index (Phi) is 6.35. The van der Waals surface area contributed by atoms with Crippen molar-refractivity contribution in [3.8, 4) is 5.75 Å². The van der Waals surface area contributed by atoms with Gasteiger partial charge < -0.3 is 14.8 Å². The van der Waals surface area contributed by atoms with Gasteiger partial charge in [0, 0.05) is 5.02 Å². The molecular formula is C21H22ClNO4. The van der Waals surface area contributed by atoms with E-state index in [0.717, 1.165) is 24.0 Å². The summed E-state index contributed by atoms with van der Waals surface area (Å²) in [6.45, 7) is 1.25. The Morgan fingerprint density at radius 2 is 1.89 bits per heavy atom. The maximum absolute atomic E-state index is 12.2. The van der Waals surface area contributed by atoms with Gasteiger partial charge in [-0.25, -0.2) is 4.79 Å². The lowest BCUT2D eigenvalue weighted by Crippen LogP contribution is -2.34. The molecule has 1 amide bonds. The summed E-state index contributed by atoms with van der Waals surface area (Å²) in [6.07, 6.45) is 2.18. The number of rotatable bonds is 8. The Balaban J connectivity index is 1.44. The van der Waals surface area contributed by atoms with Crippen LogP contribution in [0.2, 0.25) is 5.02 Å². The molecule has 0 aromatic heterocycles. The minimum Gasteiger partial charge on any atom is -0.482 e. The molecule has 0 heterocycles. The Labute approximate surface area is 163 Å². The monoisotopic (exact) mass is 387 g/mol. The Bertz CT molecular complexity index is 805. The van der Waals surface area contributed by atoms with Crippen LogP contribution in [0.1, 0.15) is 30.0 Å². The Morgan fingerprint density at radius 1 is 1.15 bits per heavy atom. The summed E-state index contributed by atoms with van der Waals surface area (Å²) in [5.74, 6) is 0.0934. The number of carbonyl (C=O) groups excluding carboxylic acids is 2. The predicted octanol–water partition coefficient (Wildman–Crippen LogP) is 3.84. The molecule has 1 aliphatic rings. The molecule has 2 aromatic rings. The van der Waals surface area contributed by atoms with Crippen molar-refractivity contribution >= 4 is 23.5 Å². The Hall–Kier alpha value is -2.53. The fraction of sp³-hybridized carbons (Fsp3) is 0.333. The second-order valence-corrected chi connectivity index (χ2v) is 7.09. The van der Waals surface area contributed by atoms with Crippen LogP contribution in [0, 0.1) is 12.8 Å². The van der Waals surface area contributed by atoms with Crippen molar-refractivity contribution < 1.29 is 19.1 Å². The zero-order chi connectivity index (χ0) is 19.2. The molecule has 1 N–H and O–H groups in total. The summed E-state index contributed by atoms with van der Waals surface area (Å²) in [5.41, 5.74) is 1.89. The molecule has 6 heteroatoms. The van der Waals surface area contributed by atoms with Crippen LogP contribution in [0.3, 0.4) is 0 Å². The number of carbonyl (C=O) groups is 2. The Morgan fingerprint density at radius 3 is 2.56 bits per heavy atom. The first-order chi connectivity index (χ1) is 13.0. The normalized spacial score (nSPS) is 14.3. The quantitative estimate of drug-likeness (QED) is 0.699. The highest BCUT2D eigenvalue weighted by molar-refractivity contribution is 6.30. The van der Waals surface area contributed by atoms with Crippen LogP contribution in [0.15, 0.2) is 48.5 Å². The largest absolute Gasteiger partial charge is 0.482 e. The molecule has 1 atom stereocenters. The average Bonchev–Trinajstić information content (AvgIpc) is 3.49. The van der Waals surface area contributed by atoms with E-state index in [1.54, 1.807) is 18.2 Å². The van der Waals surface area contributed by atoms with E-state index in [4.69, 9.17) is 21.1 Å². The minimum absolute atomic E-state index is 0.0367. The summed E-state index contributed by atoms with van der Waals surface area (Å²) in [6, 6.07) is 14.9. The lowest BCUT2D eigenvalue weighted by atomic mass is 10.0. The molecule has 5 nitrogen and oxygen atoms in total. The number of halogens is 1. The van der Waals surface area contributed by atoms with Gasteiger partial charge in [0.15, 0.2) is 13.2 Å². The molecule has 142 valence electrons. The molecule has 1 fully saturated rings. The van der Waals surface area contributed by atoms with Crippen LogP contribution in [0.4, 0.5) is 0 Å². The van der Waals surface area contributed by atoms with Gasteiger partial charge in [-0.05, 0) is 55.0 Å². The van der Waals surface area contributed by atoms with Gasteiger partial charge in [0.05, 0.1) is 6.04 Å². The van der Waals surface area contributed by atoms with Gasteiger partial charge in [0.2, 0.25) is 0 Å². The SMILES string of the molecule is Cc1cc(Cl)ccc1OCC(=O)OCC(=O)NC(c1ccccc1)C1CC1. The van der Waals surface area contributed by atoms with Crippen LogP contribution in [-0.2, 0) is 14.3 Å². The fourth-order valence-corrected chi connectivity index (χ4v) is 3.10. The van der Waals surface area contributed by atoms with Crippen LogP contribution in [0.25, 0.3) is 0 Å². The topological polar surface area (TPSA) is 64.6 Å². The molecule has 0 spiro atoms. The van der Waals surface area contributed by atoms with Crippen molar-refractivity contribution in [2.24, 2.45) is 5.92 Å². The van der Waals surface area contributed by atoms with E-state index in [1.807, 2.05) is 37.3 Å². The third-order valence-corrected chi connectivity index (χ3v) is 4.65. The first kappa shape index (κ1) is 19.2. The summed E-state index contributed by atoms with van der Waals surface area (Å²) >= 11 is 5.88. The van der Waals surface area contributed by atoms with Gasteiger partial charge in [-0.15, -0.1) is 0 Å². The van der Waals surface area contributed by atoms with Gasteiger partial charge >= 0.3 is 5.97 Å². The molecule has 0 radical (unpaired) electrons. The van der Waals surface area contributed by atoms with Crippen molar-refractivity contribution in [1.82, 2.24) is 5.32 Å². The van der Waals surface area contributed by atoms with Crippen LogP contribution < -0.4 is 10.1 Å². The highest BCUT2D eigenvalue weighted by atomic mass is 35.5. The van der Waals surface area contributed by atoms with Gasteiger partial charge in [0.25, 0.3) is 5.91 Å². The van der Waals surface area contributed by atoms with Crippen molar-refractivity contribution in [2.45, 2.75) is 25.8 Å². The average molecular weight is 388 g/mol. The maximum atomic E-state index is 12.2. The van der Waals surface area contributed by atoms with Crippen molar-refractivity contribution in [3.63, 3.8) is 0 Å². The van der Waals surface area contributed by atoms with E-state index < -0.39 is 5.97 Å². The summed E-state index contributed by atoms with van der Waals surface area (Å²) in [7, 11) is 0. The zero-order valence-electron chi connectivity index (χ0n) is 15.1. The lowest BCUT2D eigenvalue weighted by Gasteiger charge is -2.18. The third-order valence-electron chi connectivity index (χ3n) is 4.42. The summed E-state index contributed by atoms with van der Waals surface area (Å²) in [4.78, 5) is 24.0. The van der Waals surface area contributed by atoms with Crippen molar-refractivity contribution in [1.29, 1.82) is 0 Å². The molecule has 3 rings (SSSR count). The van der Waals surface area contributed by atoms with E-state index in [9.17, 15) is 9.59 Å². The number of amides is 1. The van der Waals surface area contributed by atoms with Gasteiger partial charge in [0.1, 0.15) is 5.75 Å². The van der Waals surface area contributed by atoms with Crippen LogP contribution in [0.5, 0.6) is 5.75 Å². The predicted molar refractivity (Wildman–Crippen MR) is 103 cm³/mol. The molecule has 1 aliphatic carbocycles. The molecule has 27 heavy (non-hydrogen) atoms. The third kappa shape index (κ3) is 5.73. The van der Waals surface area contributed by atoms with E-state index in [1.165, 1.54) is 0 Å². The maximum Gasteiger partial charge on any atom is 0.344 e. The molecular weight excluding hydrogens is 366 g/mol. The van der Waals surface area contributed by atoms with Gasteiger partial charge in [-0.2, -0.15) is 0 Å². The first-order valence-corrected chi connectivity index (χ1v) is 9.29. The second-order valence-electron chi connectivity index (χ2n) is 6.65. The fourth-order valence-electron chi connectivity index (χ4n) is 2.88. The number of esters is 1. The van der Waals surface area contributed by atoms with Crippen LogP contribution >= 0.6 is 11.6 Å². The van der Waals surface area contributed by atoms with Crippen molar-refractivity contribution in [2.75, 3.05) is 13.2 Å². The van der Waals surface area contributed by atoms with Gasteiger partial charge in [-0.3, -0.25) is 4.79 Å². The zero-order valence-corrected chi connectivity index (χ0v) is 15.9. The smallest absolute Gasteiger partial charge is 0.344 e. The highest BCUT2D eigenvalue weighted by Gasteiger charge is 2.33. The number of ether oxygens (including phenoxy) is 2. The molecule has 2 aromatic carbocycles. The number of nitrogens with one attached hydrogen (secondary N) is 1. The second kappa shape index (κ2) is 8.91. The van der Waals surface area contributed by atoms with E-state index >= 15 is 0 Å². The molecule has 0 saturated heterocycles.